The lowest BCUT2D eigenvalue weighted by Crippen LogP contribution is -2.55. The fourth-order valence-electron chi connectivity index (χ4n) is 3.13. The number of aryl methyl sites for hydroxylation is 3. The Hall–Kier alpha value is -2.42. The summed E-state index contributed by atoms with van der Waals surface area (Å²) in [5.41, 5.74) is 1.95. The average molecular weight is 390 g/mol. The number of carbonyl (C=O) groups is 1. The van der Waals surface area contributed by atoms with E-state index >= 15 is 0 Å². The number of anilines is 1. The highest BCUT2D eigenvalue weighted by molar-refractivity contribution is 7.09. The summed E-state index contributed by atoms with van der Waals surface area (Å²) in [5.74, 6) is 0.857. The van der Waals surface area contributed by atoms with Gasteiger partial charge in [-0.2, -0.15) is 5.10 Å². The largest absolute Gasteiger partial charge is 0.356 e. The van der Waals surface area contributed by atoms with Crippen LogP contribution in [0.25, 0.3) is 0 Å². The highest BCUT2D eigenvalue weighted by Crippen LogP contribution is 2.16. The van der Waals surface area contributed by atoms with Crippen molar-refractivity contribution in [3.63, 3.8) is 0 Å². The first-order valence-electron chi connectivity index (χ1n) is 9.22. The third kappa shape index (κ3) is 5.06. The van der Waals surface area contributed by atoms with Gasteiger partial charge in [-0.15, -0.1) is 11.3 Å². The van der Waals surface area contributed by atoms with Crippen molar-refractivity contribution in [3.05, 3.63) is 28.5 Å². The first-order chi connectivity index (χ1) is 13.1. The number of aromatic nitrogens is 3. The van der Waals surface area contributed by atoms with Crippen LogP contribution in [0.1, 0.15) is 23.5 Å². The molecule has 1 saturated heterocycles. The summed E-state index contributed by atoms with van der Waals surface area (Å²) in [6.45, 7) is 4.58. The highest BCUT2D eigenvalue weighted by Gasteiger charge is 2.27. The fraction of sp³-hybridized carbons (Fsp3) is 0.556. The molecule has 1 aliphatic heterocycles. The van der Waals surface area contributed by atoms with Gasteiger partial charge < -0.3 is 15.1 Å². The number of hydrogen-bond acceptors (Lipinski definition) is 5. The number of rotatable bonds is 6. The highest BCUT2D eigenvalue weighted by atomic mass is 32.1. The maximum absolute atomic E-state index is 12.5. The van der Waals surface area contributed by atoms with E-state index in [0.29, 0.717) is 13.1 Å². The van der Waals surface area contributed by atoms with Gasteiger partial charge in [0.15, 0.2) is 5.96 Å². The third-order valence-corrected chi connectivity index (χ3v) is 5.53. The molecule has 0 radical (unpaired) electrons. The molecule has 27 heavy (non-hydrogen) atoms. The minimum absolute atomic E-state index is 0.0661. The molecule has 0 aromatic carbocycles. The number of carbonyl (C=O) groups excluding carboxylic acids is 1. The Morgan fingerprint density at radius 3 is 2.85 bits per heavy atom. The van der Waals surface area contributed by atoms with E-state index < -0.39 is 0 Å². The smallest absolute Gasteiger partial charge is 0.246 e. The Morgan fingerprint density at radius 1 is 1.37 bits per heavy atom. The number of aliphatic imine (C=N–C) groups is 1. The lowest BCUT2D eigenvalue weighted by molar-refractivity contribution is -0.120. The molecule has 0 unspecified atom stereocenters. The van der Waals surface area contributed by atoms with Crippen molar-refractivity contribution in [1.82, 2.24) is 25.0 Å². The predicted molar refractivity (Wildman–Crippen MR) is 108 cm³/mol. The topological polar surface area (TPSA) is 78.7 Å². The molecule has 9 heteroatoms. The summed E-state index contributed by atoms with van der Waals surface area (Å²) in [6, 6.07) is 0. The summed E-state index contributed by atoms with van der Waals surface area (Å²) < 4.78 is 1.71. The predicted octanol–water partition coefficient (Wildman–Crippen LogP) is 1.43. The normalized spacial score (nSPS) is 15.5. The summed E-state index contributed by atoms with van der Waals surface area (Å²) in [7, 11) is 3.62. The van der Waals surface area contributed by atoms with E-state index in [1.807, 2.05) is 25.1 Å². The number of piperazine rings is 1. The molecule has 0 spiro atoms. The van der Waals surface area contributed by atoms with E-state index in [0.717, 1.165) is 49.7 Å². The van der Waals surface area contributed by atoms with Crippen LogP contribution in [0.3, 0.4) is 0 Å². The number of nitrogens with zero attached hydrogens (tertiary/aromatic N) is 6. The van der Waals surface area contributed by atoms with Crippen molar-refractivity contribution in [2.24, 2.45) is 12.0 Å². The van der Waals surface area contributed by atoms with Gasteiger partial charge >= 0.3 is 0 Å². The summed E-state index contributed by atoms with van der Waals surface area (Å²) in [5, 5.41) is 10.8. The minimum Gasteiger partial charge on any atom is -0.356 e. The average Bonchev–Trinajstić information content (AvgIpc) is 3.26. The monoisotopic (exact) mass is 389 g/mol. The van der Waals surface area contributed by atoms with Gasteiger partial charge in [-0.1, -0.05) is 0 Å². The van der Waals surface area contributed by atoms with Gasteiger partial charge in [-0.05, 0) is 26.2 Å². The minimum atomic E-state index is 0.0661. The molecule has 2 aromatic rings. The molecule has 0 saturated carbocycles. The van der Waals surface area contributed by atoms with Crippen molar-refractivity contribution < 1.29 is 4.79 Å². The molecule has 0 atom stereocenters. The zero-order chi connectivity index (χ0) is 19.2. The van der Waals surface area contributed by atoms with Gasteiger partial charge in [0.1, 0.15) is 6.54 Å². The second kappa shape index (κ2) is 8.98. The molecule has 1 amide bonds. The van der Waals surface area contributed by atoms with Gasteiger partial charge in [0.2, 0.25) is 5.91 Å². The van der Waals surface area contributed by atoms with Gasteiger partial charge in [0, 0.05) is 51.0 Å². The van der Waals surface area contributed by atoms with E-state index in [1.54, 1.807) is 34.2 Å². The van der Waals surface area contributed by atoms with Gasteiger partial charge in [-0.3, -0.25) is 14.5 Å². The standard InChI is InChI=1S/C18H27N7OS/c1-14-13-27-16(22-14)6-4-5-7-20-18(19-2)24-8-9-25(17(26)12-24)15-10-21-23(3)11-15/h10-11,13H,4-9,12H2,1-3H3,(H,19,20). The lowest BCUT2D eigenvalue weighted by atomic mass is 10.2. The van der Waals surface area contributed by atoms with E-state index in [-0.39, 0.29) is 5.91 Å². The molecule has 1 fully saturated rings. The van der Waals surface area contributed by atoms with Crippen LogP contribution in [-0.4, -0.2) is 64.8 Å². The number of unbranched alkanes of at least 4 members (excludes halogenated alkanes) is 1. The second-order valence-electron chi connectivity index (χ2n) is 6.65. The van der Waals surface area contributed by atoms with Crippen molar-refractivity contribution in [2.45, 2.75) is 26.2 Å². The molecule has 146 valence electrons. The quantitative estimate of drug-likeness (QED) is 0.459. The van der Waals surface area contributed by atoms with E-state index in [4.69, 9.17) is 0 Å². The van der Waals surface area contributed by atoms with Gasteiger partial charge in [-0.25, -0.2) is 4.98 Å². The van der Waals surface area contributed by atoms with Crippen molar-refractivity contribution >= 4 is 28.9 Å². The molecule has 1 N–H and O–H groups in total. The third-order valence-electron chi connectivity index (χ3n) is 4.50. The molecule has 1 aliphatic rings. The number of nitrogens with one attached hydrogen (secondary N) is 1. The Bertz CT molecular complexity index is 797. The van der Waals surface area contributed by atoms with Crippen LogP contribution >= 0.6 is 11.3 Å². The number of amides is 1. The zero-order valence-corrected chi connectivity index (χ0v) is 17.0. The molecule has 8 nitrogen and oxygen atoms in total. The van der Waals surface area contributed by atoms with Crippen molar-refractivity contribution in [3.8, 4) is 0 Å². The maximum atomic E-state index is 12.5. The van der Waals surface area contributed by atoms with Crippen LogP contribution < -0.4 is 10.2 Å². The zero-order valence-electron chi connectivity index (χ0n) is 16.2. The Kier molecular flexibility index (Phi) is 6.44. The molecular formula is C18H27N7OS. The molecule has 0 bridgehead atoms. The van der Waals surface area contributed by atoms with Crippen molar-refractivity contribution in [2.75, 3.05) is 38.1 Å². The molecule has 3 rings (SSSR count). The summed E-state index contributed by atoms with van der Waals surface area (Å²) in [6.07, 6.45) is 6.74. The van der Waals surface area contributed by atoms with Crippen LogP contribution in [0.4, 0.5) is 5.69 Å². The Morgan fingerprint density at radius 2 is 2.22 bits per heavy atom. The first kappa shape index (κ1) is 19.3. The summed E-state index contributed by atoms with van der Waals surface area (Å²) >= 11 is 1.73. The molecule has 3 heterocycles. The van der Waals surface area contributed by atoms with Crippen molar-refractivity contribution in [1.29, 1.82) is 0 Å². The fourth-order valence-corrected chi connectivity index (χ4v) is 3.94. The number of hydrogen-bond donors (Lipinski definition) is 1. The Labute approximate surface area is 163 Å². The van der Waals surface area contributed by atoms with Gasteiger partial charge in [0.05, 0.1) is 16.9 Å². The van der Waals surface area contributed by atoms with E-state index in [2.05, 4.69) is 25.8 Å². The van der Waals surface area contributed by atoms with E-state index in [1.165, 1.54) is 5.01 Å². The summed E-state index contributed by atoms with van der Waals surface area (Å²) in [4.78, 5) is 25.2. The number of thiazole rings is 1. The van der Waals surface area contributed by atoms with Gasteiger partial charge in [0.25, 0.3) is 0 Å². The molecule has 0 aliphatic carbocycles. The van der Waals surface area contributed by atoms with Crippen LogP contribution in [0.15, 0.2) is 22.8 Å². The van der Waals surface area contributed by atoms with Crippen LogP contribution in [-0.2, 0) is 18.3 Å². The van der Waals surface area contributed by atoms with Crippen LogP contribution in [0, 0.1) is 6.92 Å². The lowest BCUT2D eigenvalue weighted by Gasteiger charge is -2.35. The van der Waals surface area contributed by atoms with Crippen LogP contribution in [0.5, 0.6) is 0 Å². The van der Waals surface area contributed by atoms with Crippen LogP contribution in [0.2, 0.25) is 0 Å². The SMILES string of the molecule is CN=C(NCCCCc1nc(C)cs1)N1CCN(c2cnn(C)c2)C(=O)C1. The molecular weight excluding hydrogens is 362 g/mol. The first-order valence-corrected chi connectivity index (χ1v) is 10.1. The molecule has 2 aromatic heterocycles. The Balaban J connectivity index is 1.42. The number of guanidine groups is 1. The van der Waals surface area contributed by atoms with E-state index in [9.17, 15) is 4.79 Å². The maximum Gasteiger partial charge on any atom is 0.246 e. The second-order valence-corrected chi connectivity index (χ2v) is 7.60.